The van der Waals surface area contributed by atoms with Gasteiger partial charge in [-0.2, -0.15) is 0 Å². The molecule has 0 aromatic carbocycles. The van der Waals surface area contributed by atoms with Crippen LogP contribution < -0.4 is 10.6 Å². The van der Waals surface area contributed by atoms with Crippen LogP contribution in [-0.2, 0) is 9.53 Å². The second-order valence-electron chi connectivity index (χ2n) is 4.86. The number of rotatable bonds is 2. The Labute approximate surface area is 84.4 Å². The zero-order valence-corrected chi connectivity index (χ0v) is 8.80. The Kier molecular flexibility index (Phi) is 2.49. The van der Waals surface area contributed by atoms with Gasteiger partial charge >= 0.3 is 0 Å². The van der Waals surface area contributed by atoms with Crippen LogP contribution in [0.15, 0.2) is 0 Å². The molecule has 4 nitrogen and oxygen atoms in total. The molecule has 0 aromatic rings. The molecular formula is C10H18N2O2. The zero-order chi connectivity index (χ0) is 10.2. The molecule has 0 aromatic heterocycles. The maximum absolute atomic E-state index is 11.4. The summed E-state index contributed by atoms with van der Waals surface area (Å²) in [5.41, 5.74) is 0.142. The van der Waals surface area contributed by atoms with Crippen molar-refractivity contribution in [2.24, 2.45) is 5.41 Å². The Morgan fingerprint density at radius 2 is 2.36 bits per heavy atom. The van der Waals surface area contributed by atoms with Crippen LogP contribution in [0.5, 0.6) is 0 Å². The molecule has 2 aliphatic heterocycles. The molecule has 1 amide bonds. The summed E-state index contributed by atoms with van der Waals surface area (Å²) in [5.74, 6) is 0.132. The third kappa shape index (κ3) is 1.77. The Morgan fingerprint density at radius 1 is 1.57 bits per heavy atom. The minimum absolute atomic E-state index is 0.0130. The van der Waals surface area contributed by atoms with Crippen molar-refractivity contribution in [2.45, 2.75) is 32.4 Å². The largest absolute Gasteiger partial charge is 0.379 e. The molecule has 0 bridgehead atoms. The lowest BCUT2D eigenvalue weighted by Crippen LogP contribution is -2.48. The van der Waals surface area contributed by atoms with Crippen LogP contribution in [0.25, 0.3) is 0 Å². The molecule has 2 aliphatic rings. The van der Waals surface area contributed by atoms with E-state index in [4.69, 9.17) is 4.74 Å². The van der Waals surface area contributed by atoms with Crippen LogP contribution in [0.2, 0.25) is 0 Å². The van der Waals surface area contributed by atoms with Gasteiger partial charge in [-0.3, -0.25) is 4.79 Å². The van der Waals surface area contributed by atoms with E-state index in [0.717, 1.165) is 26.2 Å². The number of amides is 1. The predicted molar refractivity (Wildman–Crippen MR) is 52.9 cm³/mol. The molecule has 2 N–H and O–H groups in total. The topological polar surface area (TPSA) is 50.4 Å². The summed E-state index contributed by atoms with van der Waals surface area (Å²) < 4.78 is 5.42. The summed E-state index contributed by atoms with van der Waals surface area (Å²) in [6.45, 7) is 6.63. The standard InChI is InChI=1S/C10H18N2O2/c1-10(2)6-14-5-8(10)12-7-3-4-11-9(7)13/h7-8,12H,3-6H2,1-2H3,(H,11,13). The molecule has 2 atom stereocenters. The van der Waals surface area contributed by atoms with Gasteiger partial charge in [0.25, 0.3) is 0 Å². The summed E-state index contributed by atoms with van der Waals surface area (Å²) in [6, 6.07) is 0.289. The molecule has 2 unspecified atom stereocenters. The van der Waals surface area contributed by atoms with Gasteiger partial charge in [0.2, 0.25) is 5.91 Å². The first-order chi connectivity index (χ1) is 6.59. The fourth-order valence-electron chi connectivity index (χ4n) is 2.04. The highest BCUT2D eigenvalue weighted by molar-refractivity contribution is 5.83. The van der Waals surface area contributed by atoms with Crippen LogP contribution in [0, 0.1) is 5.41 Å². The summed E-state index contributed by atoms with van der Waals surface area (Å²) in [4.78, 5) is 11.4. The van der Waals surface area contributed by atoms with Crippen LogP contribution in [0.3, 0.4) is 0 Å². The second kappa shape index (κ2) is 3.51. The molecule has 80 valence electrons. The Bertz CT molecular complexity index is 240. The fourth-order valence-corrected chi connectivity index (χ4v) is 2.04. The van der Waals surface area contributed by atoms with Crippen molar-refractivity contribution in [3.05, 3.63) is 0 Å². The van der Waals surface area contributed by atoms with Gasteiger partial charge in [0.1, 0.15) is 0 Å². The fraction of sp³-hybridized carbons (Fsp3) is 0.900. The van der Waals surface area contributed by atoms with E-state index in [1.54, 1.807) is 0 Å². The molecule has 14 heavy (non-hydrogen) atoms. The summed E-state index contributed by atoms with van der Waals surface area (Å²) in [7, 11) is 0. The summed E-state index contributed by atoms with van der Waals surface area (Å²) in [5, 5.41) is 6.21. The zero-order valence-electron chi connectivity index (χ0n) is 8.80. The highest BCUT2D eigenvalue weighted by Gasteiger charge is 2.38. The Hall–Kier alpha value is -0.610. The minimum atomic E-state index is -0.0130. The van der Waals surface area contributed by atoms with Crippen LogP contribution in [0.1, 0.15) is 20.3 Å². The highest BCUT2D eigenvalue weighted by atomic mass is 16.5. The molecule has 2 heterocycles. The average Bonchev–Trinajstić information content (AvgIpc) is 2.62. The van der Waals surface area contributed by atoms with E-state index in [1.807, 2.05) is 0 Å². The molecule has 0 spiro atoms. The van der Waals surface area contributed by atoms with Crippen LogP contribution in [0.4, 0.5) is 0 Å². The van der Waals surface area contributed by atoms with E-state index in [9.17, 15) is 4.79 Å². The van der Waals surface area contributed by atoms with E-state index in [0.29, 0.717) is 6.04 Å². The third-order valence-electron chi connectivity index (χ3n) is 3.15. The van der Waals surface area contributed by atoms with Gasteiger partial charge in [-0.25, -0.2) is 0 Å². The number of carbonyl (C=O) groups is 1. The van der Waals surface area contributed by atoms with Gasteiger partial charge in [0.15, 0.2) is 0 Å². The van der Waals surface area contributed by atoms with Gasteiger partial charge in [0.05, 0.1) is 19.3 Å². The third-order valence-corrected chi connectivity index (χ3v) is 3.15. The lowest BCUT2D eigenvalue weighted by atomic mass is 9.87. The molecule has 0 saturated carbocycles. The molecule has 2 saturated heterocycles. The predicted octanol–water partition coefficient (Wildman–Crippen LogP) is -0.110. The van der Waals surface area contributed by atoms with Crippen molar-refractivity contribution >= 4 is 5.91 Å². The normalized spacial score (nSPS) is 36.0. The van der Waals surface area contributed by atoms with Crippen molar-refractivity contribution in [1.29, 1.82) is 0 Å². The van der Waals surface area contributed by atoms with Gasteiger partial charge < -0.3 is 15.4 Å². The first kappa shape index (κ1) is 9.93. The lowest BCUT2D eigenvalue weighted by Gasteiger charge is -2.27. The molecule has 2 rings (SSSR count). The highest BCUT2D eigenvalue weighted by Crippen LogP contribution is 2.27. The second-order valence-corrected chi connectivity index (χ2v) is 4.86. The number of carbonyl (C=O) groups excluding carboxylic acids is 1. The summed E-state index contributed by atoms with van der Waals surface area (Å²) in [6.07, 6.45) is 0.894. The smallest absolute Gasteiger partial charge is 0.237 e. The number of hydrogen-bond acceptors (Lipinski definition) is 3. The van der Waals surface area contributed by atoms with Crippen molar-refractivity contribution in [2.75, 3.05) is 19.8 Å². The number of nitrogens with one attached hydrogen (secondary N) is 2. The maximum Gasteiger partial charge on any atom is 0.237 e. The van der Waals surface area contributed by atoms with Gasteiger partial charge in [0, 0.05) is 18.0 Å². The lowest BCUT2D eigenvalue weighted by molar-refractivity contribution is -0.121. The molecule has 0 aliphatic carbocycles. The van der Waals surface area contributed by atoms with Crippen molar-refractivity contribution in [1.82, 2.24) is 10.6 Å². The maximum atomic E-state index is 11.4. The van der Waals surface area contributed by atoms with Crippen molar-refractivity contribution < 1.29 is 9.53 Å². The Balaban J connectivity index is 1.93. The molecular weight excluding hydrogens is 180 g/mol. The van der Waals surface area contributed by atoms with E-state index in [2.05, 4.69) is 24.5 Å². The average molecular weight is 198 g/mol. The molecule has 2 fully saturated rings. The van der Waals surface area contributed by atoms with Crippen LogP contribution >= 0.6 is 0 Å². The monoisotopic (exact) mass is 198 g/mol. The molecule has 4 heteroatoms. The molecule has 0 radical (unpaired) electrons. The Morgan fingerprint density at radius 3 is 2.86 bits per heavy atom. The van der Waals surface area contributed by atoms with Gasteiger partial charge in [-0.05, 0) is 6.42 Å². The first-order valence-electron chi connectivity index (χ1n) is 5.21. The number of ether oxygens (including phenoxy) is 1. The van der Waals surface area contributed by atoms with Gasteiger partial charge in [-0.1, -0.05) is 13.8 Å². The van der Waals surface area contributed by atoms with Gasteiger partial charge in [-0.15, -0.1) is 0 Å². The minimum Gasteiger partial charge on any atom is -0.379 e. The van der Waals surface area contributed by atoms with Crippen molar-refractivity contribution in [3.63, 3.8) is 0 Å². The first-order valence-corrected chi connectivity index (χ1v) is 5.21. The number of hydrogen-bond donors (Lipinski definition) is 2. The SMILES string of the molecule is CC1(C)COCC1NC1CCNC1=O. The summed E-state index contributed by atoms with van der Waals surface area (Å²) >= 11 is 0. The van der Waals surface area contributed by atoms with E-state index >= 15 is 0 Å². The van der Waals surface area contributed by atoms with E-state index < -0.39 is 0 Å². The quantitative estimate of drug-likeness (QED) is 0.651. The van der Waals surface area contributed by atoms with E-state index in [1.165, 1.54) is 0 Å². The van der Waals surface area contributed by atoms with Crippen molar-refractivity contribution in [3.8, 4) is 0 Å². The van der Waals surface area contributed by atoms with Crippen LogP contribution in [-0.4, -0.2) is 37.7 Å². The van der Waals surface area contributed by atoms with E-state index in [-0.39, 0.29) is 17.4 Å².